The van der Waals surface area contributed by atoms with Crippen LogP contribution in [0.5, 0.6) is 5.75 Å². The third-order valence-electron chi connectivity index (χ3n) is 4.21. The molecule has 1 amide bonds. The number of amides is 1. The number of benzene rings is 1. The lowest BCUT2D eigenvalue weighted by Gasteiger charge is -2.20. The van der Waals surface area contributed by atoms with Crippen molar-refractivity contribution < 1.29 is 22.7 Å². The summed E-state index contributed by atoms with van der Waals surface area (Å²) in [6, 6.07) is 8.22. The van der Waals surface area contributed by atoms with Gasteiger partial charge in [-0.15, -0.1) is 0 Å². The van der Waals surface area contributed by atoms with Gasteiger partial charge in [-0.1, -0.05) is 18.2 Å². The van der Waals surface area contributed by atoms with E-state index in [9.17, 15) is 22.8 Å². The number of carbonyl (C=O) groups excluding carboxylic acids is 1. The Balaban J connectivity index is 1.99. The van der Waals surface area contributed by atoms with Gasteiger partial charge in [0.15, 0.2) is 6.61 Å². The molecule has 0 aliphatic heterocycles. The van der Waals surface area contributed by atoms with Gasteiger partial charge < -0.3 is 14.2 Å². The topological polar surface area (TPSA) is 51.5 Å². The molecule has 5 nitrogen and oxygen atoms in total. The van der Waals surface area contributed by atoms with Crippen LogP contribution in [0.2, 0.25) is 0 Å². The van der Waals surface area contributed by atoms with Gasteiger partial charge in [-0.3, -0.25) is 9.59 Å². The van der Waals surface area contributed by atoms with Crippen LogP contribution in [0, 0.1) is 13.8 Å². The molecule has 152 valence electrons. The molecule has 0 fully saturated rings. The van der Waals surface area contributed by atoms with Crippen molar-refractivity contribution in [3.8, 4) is 5.75 Å². The first kappa shape index (κ1) is 21.5. The zero-order valence-corrected chi connectivity index (χ0v) is 16.0. The second-order valence-electron chi connectivity index (χ2n) is 6.69. The first-order chi connectivity index (χ1) is 13.1. The smallest absolute Gasteiger partial charge is 0.422 e. The number of hydrogen-bond acceptors (Lipinski definition) is 3. The Bertz CT molecular complexity index is 868. The second-order valence-corrected chi connectivity index (χ2v) is 6.69. The molecular formula is C20H23F3N2O3. The molecule has 2 rings (SSSR count). The zero-order chi connectivity index (χ0) is 20.9. The van der Waals surface area contributed by atoms with Crippen LogP contribution in [0.4, 0.5) is 13.2 Å². The Morgan fingerprint density at radius 3 is 2.39 bits per heavy atom. The number of alkyl halides is 3. The number of ether oxygens (including phenoxy) is 1. The van der Waals surface area contributed by atoms with Crippen LogP contribution in [0.3, 0.4) is 0 Å². The molecule has 0 atom stereocenters. The van der Waals surface area contributed by atoms with Crippen molar-refractivity contribution in [1.82, 2.24) is 9.47 Å². The van der Waals surface area contributed by atoms with Crippen molar-refractivity contribution in [3.05, 3.63) is 63.6 Å². The molecule has 28 heavy (non-hydrogen) atoms. The van der Waals surface area contributed by atoms with Gasteiger partial charge in [0.25, 0.3) is 5.56 Å². The molecule has 0 aliphatic rings. The summed E-state index contributed by atoms with van der Waals surface area (Å²) in [7, 11) is 1.65. The summed E-state index contributed by atoms with van der Waals surface area (Å²) < 4.78 is 43.5. The predicted octanol–water partition coefficient (Wildman–Crippen LogP) is 3.45. The monoisotopic (exact) mass is 396 g/mol. The van der Waals surface area contributed by atoms with Crippen LogP contribution in [0.25, 0.3) is 0 Å². The standard InChI is InChI=1S/C20H23F3N2O3/c1-14-10-16(11-15(2)19(14)28-13-20(21,22)23)12-24(3)17(26)7-9-25-8-5-4-6-18(25)27/h4-6,8,10-11H,7,9,12-13H2,1-3H3. The quantitative estimate of drug-likeness (QED) is 0.720. The average molecular weight is 396 g/mol. The maximum absolute atomic E-state index is 12.4. The molecule has 0 spiro atoms. The summed E-state index contributed by atoms with van der Waals surface area (Å²) in [5.41, 5.74) is 1.78. The van der Waals surface area contributed by atoms with Crippen molar-refractivity contribution in [1.29, 1.82) is 0 Å². The van der Waals surface area contributed by atoms with Crippen molar-refractivity contribution >= 4 is 5.91 Å². The highest BCUT2D eigenvalue weighted by Gasteiger charge is 2.29. The predicted molar refractivity (Wildman–Crippen MR) is 99.3 cm³/mol. The van der Waals surface area contributed by atoms with E-state index in [1.807, 2.05) is 0 Å². The minimum Gasteiger partial charge on any atom is -0.484 e. The Morgan fingerprint density at radius 1 is 1.18 bits per heavy atom. The van der Waals surface area contributed by atoms with Crippen molar-refractivity contribution in [2.75, 3.05) is 13.7 Å². The Labute approximate surface area is 161 Å². The van der Waals surface area contributed by atoms with E-state index >= 15 is 0 Å². The van der Waals surface area contributed by atoms with Gasteiger partial charge in [-0.05, 0) is 36.6 Å². The minimum atomic E-state index is -4.40. The van der Waals surface area contributed by atoms with Crippen molar-refractivity contribution in [2.45, 2.75) is 39.5 Å². The first-order valence-electron chi connectivity index (χ1n) is 8.76. The van der Waals surface area contributed by atoms with Gasteiger partial charge in [-0.25, -0.2) is 0 Å². The largest absolute Gasteiger partial charge is 0.484 e. The van der Waals surface area contributed by atoms with E-state index in [2.05, 4.69) is 0 Å². The highest BCUT2D eigenvalue weighted by Crippen LogP contribution is 2.27. The highest BCUT2D eigenvalue weighted by molar-refractivity contribution is 5.75. The molecule has 8 heteroatoms. The van der Waals surface area contributed by atoms with E-state index in [1.165, 1.54) is 15.5 Å². The summed E-state index contributed by atoms with van der Waals surface area (Å²) in [5.74, 6) is 0.0713. The van der Waals surface area contributed by atoms with Gasteiger partial charge >= 0.3 is 6.18 Å². The van der Waals surface area contributed by atoms with Crippen LogP contribution in [-0.2, 0) is 17.9 Å². The first-order valence-corrected chi connectivity index (χ1v) is 8.76. The number of nitrogens with zero attached hydrogens (tertiary/aromatic N) is 2. The molecular weight excluding hydrogens is 373 g/mol. The lowest BCUT2D eigenvalue weighted by Crippen LogP contribution is -2.28. The van der Waals surface area contributed by atoms with E-state index in [0.717, 1.165) is 5.56 Å². The molecule has 0 aliphatic carbocycles. The van der Waals surface area contributed by atoms with Gasteiger partial charge in [0.2, 0.25) is 5.91 Å². The number of rotatable bonds is 7. The number of aromatic nitrogens is 1. The van der Waals surface area contributed by atoms with Gasteiger partial charge in [0.1, 0.15) is 5.75 Å². The average Bonchev–Trinajstić information content (AvgIpc) is 2.59. The van der Waals surface area contributed by atoms with Crippen LogP contribution < -0.4 is 10.3 Å². The third-order valence-corrected chi connectivity index (χ3v) is 4.21. The zero-order valence-electron chi connectivity index (χ0n) is 16.0. The Morgan fingerprint density at radius 2 is 1.82 bits per heavy atom. The maximum atomic E-state index is 12.4. The van der Waals surface area contributed by atoms with Gasteiger partial charge in [-0.2, -0.15) is 13.2 Å². The van der Waals surface area contributed by atoms with Crippen LogP contribution in [-0.4, -0.2) is 35.2 Å². The summed E-state index contributed by atoms with van der Waals surface area (Å²) >= 11 is 0. The Hall–Kier alpha value is -2.77. The molecule has 1 aromatic heterocycles. The van der Waals surface area contributed by atoms with Crippen LogP contribution in [0.15, 0.2) is 41.3 Å². The summed E-state index contributed by atoms with van der Waals surface area (Å²) in [5, 5.41) is 0. The number of pyridine rings is 1. The lowest BCUT2D eigenvalue weighted by atomic mass is 10.1. The SMILES string of the molecule is Cc1cc(CN(C)C(=O)CCn2ccccc2=O)cc(C)c1OCC(F)(F)F. The molecule has 0 N–H and O–H groups in total. The molecule has 2 aromatic rings. The highest BCUT2D eigenvalue weighted by atomic mass is 19.4. The summed E-state index contributed by atoms with van der Waals surface area (Å²) in [6.07, 6.45) is -2.60. The number of halogens is 3. The van der Waals surface area contributed by atoms with E-state index in [1.54, 1.807) is 51.4 Å². The van der Waals surface area contributed by atoms with E-state index in [4.69, 9.17) is 4.74 Å². The van der Waals surface area contributed by atoms with Gasteiger partial charge in [0.05, 0.1) is 0 Å². The van der Waals surface area contributed by atoms with Crippen molar-refractivity contribution in [3.63, 3.8) is 0 Å². The third kappa shape index (κ3) is 6.14. The summed E-state index contributed by atoms with van der Waals surface area (Å²) in [6.45, 7) is 2.60. The van der Waals surface area contributed by atoms with E-state index in [0.29, 0.717) is 17.7 Å². The lowest BCUT2D eigenvalue weighted by molar-refractivity contribution is -0.153. The van der Waals surface area contributed by atoms with Crippen molar-refractivity contribution in [2.24, 2.45) is 0 Å². The number of aryl methyl sites for hydroxylation is 3. The van der Waals surface area contributed by atoms with Gasteiger partial charge in [0, 0.05) is 38.8 Å². The molecule has 1 aromatic carbocycles. The van der Waals surface area contributed by atoms with E-state index in [-0.39, 0.29) is 30.2 Å². The molecule has 0 radical (unpaired) electrons. The van der Waals surface area contributed by atoms with Crippen LogP contribution >= 0.6 is 0 Å². The molecule has 0 saturated carbocycles. The molecule has 1 heterocycles. The maximum Gasteiger partial charge on any atom is 0.422 e. The molecule has 0 unspecified atom stereocenters. The number of hydrogen-bond donors (Lipinski definition) is 0. The van der Waals surface area contributed by atoms with Crippen LogP contribution in [0.1, 0.15) is 23.1 Å². The number of carbonyl (C=O) groups is 1. The minimum absolute atomic E-state index is 0.136. The Kier molecular flexibility index (Phi) is 6.88. The fourth-order valence-electron chi connectivity index (χ4n) is 2.93. The molecule has 0 saturated heterocycles. The second kappa shape index (κ2) is 8.95. The van der Waals surface area contributed by atoms with E-state index < -0.39 is 12.8 Å². The fraction of sp³-hybridized carbons (Fsp3) is 0.400. The fourth-order valence-corrected chi connectivity index (χ4v) is 2.93. The molecule has 0 bridgehead atoms. The normalized spacial score (nSPS) is 11.4. The summed E-state index contributed by atoms with van der Waals surface area (Å²) in [4.78, 5) is 25.5.